The van der Waals surface area contributed by atoms with Gasteiger partial charge in [-0.3, -0.25) is 9.59 Å². The molecule has 5 rings (SSSR count). The molecule has 3 aromatic carbocycles. The number of aliphatic hydroxyl groups excluding tert-OH is 1. The van der Waals surface area contributed by atoms with E-state index in [-0.39, 0.29) is 17.9 Å². The summed E-state index contributed by atoms with van der Waals surface area (Å²) in [5.74, 6) is -0.0452. The molecule has 0 saturated carbocycles. The van der Waals surface area contributed by atoms with Crippen LogP contribution in [-0.4, -0.2) is 42.0 Å². The first-order valence-corrected chi connectivity index (χ1v) is 10.9. The Morgan fingerprint density at radius 3 is 2.50 bits per heavy atom. The number of carbonyl (C=O) groups excluding carboxylic acids is 2. The van der Waals surface area contributed by atoms with Gasteiger partial charge in [-0.25, -0.2) is 0 Å². The van der Waals surface area contributed by atoms with Gasteiger partial charge in [-0.2, -0.15) is 0 Å². The number of fused-ring (bicyclic) bond motifs is 1. The van der Waals surface area contributed by atoms with Crippen LogP contribution in [0.15, 0.2) is 78.4 Å². The van der Waals surface area contributed by atoms with Crippen molar-refractivity contribution in [2.45, 2.75) is 12.6 Å². The fraction of sp³-hybridized carbons (Fsp3) is 0.185. The zero-order valence-electron chi connectivity index (χ0n) is 18.6. The number of ketones is 1. The molecule has 1 amide bonds. The minimum atomic E-state index is -0.788. The van der Waals surface area contributed by atoms with E-state index in [2.05, 4.69) is 0 Å². The summed E-state index contributed by atoms with van der Waals surface area (Å²) >= 11 is 0. The highest BCUT2D eigenvalue weighted by atomic mass is 16.6. The molecule has 0 aliphatic carbocycles. The third-order valence-corrected chi connectivity index (χ3v) is 5.96. The van der Waals surface area contributed by atoms with Gasteiger partial charge in [0, 0.05) is 12.1 Å². The van der Waals surface area contributed by atoms with Crippen molar-refractivity contribution in [3.63, 3.8) is 0 Å². The van der Waals surface area contributed by atoms with E-state index in [0.717, 1.165) is 5.56 Å². The van der Waals surface area contributed by atoms with Gasteiger partial charge in [0.25, 0.3) is 11.7 Å². The largest absolute Gasteiger partial charge is 0.507 e. The second kappa shape index (κ2) is 8.94. The molecule has 172 valence electrons. The van der Waals surface area contributed by atoms with Crippen LogP contribution in [0.5, 0.6) is 17.2 Å². The van der Waals surface area contributed by atoms with Crippen molar-refractivity contribution in [1.82, 2.24) is 4.90 Å². The van der Waals surface area contributed by atoms with Gasteiger partial charge in [-0.1, -0.05) is 42.5 Å². The van der Waals surface area contributed by atoms with Gasteiger partial charge in [-0.15, -0.1) is 0 Å². The maximum Gasteiger partial charge on any atom is 0.295 e. The summed E-state index contributed by atoms with van der Waals surface area (Å²) in [5, 5.41) is 11.3. The topological polar surface area (TPSA) is 85.3 Å². The van der Waals surface area contributed by atoms with Crippen LogP contribution in [0.3, 0.4) is 0 Å². The Bertz CT molecular complexity index is 1280. The number of amides is 1. The number of aliphatic hydroxyl groups is 1. The molecule has 1 fully saturated rings. The van der Waals surface area contributed by atoms with E-state index in [9.17, 15) is 14.7 Å². The average Bonchev–Trinajstić information content (AvgIpc) is 3.13. The third kappa shape index (κ3) is 3.85. The molecule has 7 nitrogen and oxygen atoms in total. The summed E-state index contributed by atoms with van der Waals surface area (Å²) in [5.41, 5.74) is 1.92. The zero-order valence-corrected chi connectivity index (χ0v) is 18.6. The normalized spacial score (nSPS) is 18.7. The van der Waals surface area contributed by atoms with Crippen LogP contribution in [0.2, 0.25) is 0 Å². The highest BCUT2D eigenvalue weighted by Gasteiger charge is 2.46. The lowest BCUT2D eigenvalue weighted by molar-refractivity contribution is -0.140. The summed E-state index contributed by atoms with van der Waals surface area (Å²) in [6.45, 7) is 1.05. The number of benzene rings is 3. The Labute approximate surface area is 196 Å². The minimum absolute atomic E-state index is 0.0193. The molecule has 1 atom stereocenters. The summed E-state index contributed by atoms with van der Waals surface area (Å²) < 4.78 is 16.6. The molecular weight excluding hydrogens is 434 g/mol. The molecule has 1 saturated heterocycles. The molecule has 0 spiro atoms. The monoisotopic (exact) mass is 457 g/mol. The van der Waals surface area contributed by atoms with E-state index in [1.54, 1.807) is 43.5 Å². The third-order valence-electron chi connectivity index (χ3n) is 5.96. The van der Waals surface area contributed by atoms with Crippen LogP contribution in [0.25, 0.3) is 5.76 Å². The first-order chi connectivity index (χ1) is 16.6. The average molecular weight is 457 g/mol. The SMILES string of the molecule is COc1cccc(C2/C(=C(\O)c3ccc4c(c3)OCCO4)C(=O)C(=O)N2Cc2ccccc2)c1. The number of nitrogens with zero attached hydrogens (tertiary/aromatic N) is 1. The molecule has 2 aliphatic heterocycles. The number of ether oxygens (including phenoxy) is 3. The molecule has 2 heterocycles. The van der Waals surface area contributed by atoms with Crippen molar-refractivity contribution in [1.29, 1.82) is 0 Å². The second-order valence-corrected chi connectivity index (χ2v) is 8.05. The minimum Gasteiger partial charge on any atom is -0.507 e. The van der Waals surface area contributed by atoms with Gasteiger partial charge in [0.2, 0.25) is 0 Å². The van der Waals surface area contributed by atoms with Gasteiger partial charge in [-0.05, 0) is 41.5 Å². The fourth-order valence-electron chi connectivity index (χ4n) is 4.33. The lowest BCUT2D eigenvalue weighted by Gasteiger charge is -2.26. The summed E-state index contributed by atoms with van der Waals surface area (Å²) in [6.07, 6.45) is 0. The lowest BCUT2D eigenvalue weighted by Crippen LogP contribution is -2.29. The van der Waals surface area contributed by atoms with Crippen LogP contribution >= 0.6 is 0 Å². The molecule has 2 aliphatic rings. The van der Waals surface area contributed by atoms with E-state index < -0.39 is 17.7 Å². The molecule has 0 radical (unpaired) electrons. The van der Waals surface area contributed by atoms with E-state index in [1.807, 2.05) is 36.4 Å². The number of carbonyl (C=O) groups is 2. The predicted octanol–water partition coefficient (Wildman–Crippen LogP) is 4.09. The van der Waals surface area contributed by atoms with Gasteiger partial charge in [0.05, 0.1) is 18.7 Å². The van der Waals surface area contributed by atoms with Crippen molar-refractivity contribution in [3.8, 4) is 17.2 Å². The summed E-state index contributed by atoms with van der Waals surface area (Å²) in [4.78, 5) is 27.9. The van der Waals surface area contributed by atoms with Crippen LogP contribution in [-0.2, 0) is 16.1 Å². The number of likely N-dealkylation sites (tertiary alicyclic amines) is 1. The molecule has 3 aromatic rings. The highest BCUT2D eigenvalue weighted by Crippen LogP contribution is 2.42. The van der Waals surface area contributed by atoms with Gasteiger partial charge >= 0.3 is 0 Å². The van der Waals surface area contributed by atoms with Gasteiger partial charge in [0.15, 0.2) is 11.5 Å². The van der Waals surface area contributed by atoms with E-state index in [4.69, 9.17) is 14.2 Å². The number of rotatable bonds is 5. The lowest BCUT2D eigenvalue weighted by atomic mass is 9.95. The van der Waals surface area contributed by atoms with E-state index in [1.165, 1.54) is 4.90 Å². The second-order valence-electron chi connectivity index (χ2n) is 8.05. The summed E-state index contributed by atoms with van der Waals surface area (Å²) in [6, 6.07) is 20.8. The molecule has 0 aromatic heterocycles. The van der Waals surface area contributed by atoms with Crippen LogP contribution in [0.1, 0.15) is 22.7 Å². The summed E-state index contributed by atoms with van der Waals surface area (Å²) in [7, 11) is 1.55. The van der Waals surface area contributed by atoms with E-state index in [0.29, 0.717) is 41.6 Å². The maximum atomic E-state index is 13.3. The molecular formula is C27H23NO6. The first-order valence-electron chi connectivity index (χ1n) is 10.9. The molecule has 0 bridgehead atoms. The molecule has 34 heavy (non-hydrogen) atoms. The van der Waals surface area contributed by atoms with Crippen molar-refractivity contribution in [2.75, 3.05) is 20.3 Å². The Morgan fingerprint density at radius 2 is 1.74 bits per heavy atom. The Kier molecular flexibility index (Phi) is 5.67. The Hall–Kier alpha value is -4.26. The quantitative estimate of drug-likeness (QED) is 0.353. The number of hydrogen-bond donors (Lipinski definition) is 1. The van der Waals surface area contributed by atoms with Crippen molar-refractivity contribution < 1.29 is 28.9 Å². The number of methoxy groups -OCH3 is 1. The standard InChI is InChI=1S/C27H23NO6/c1-32-20-9-5-8-18(14-20)24-23(25(29)19-10-11-21-22(15-19)34-13-12-33-21)26(30)27(31)28(24)16-17-6-3-2-4-7-17/h2-11,14-15,24,29H,12-13,16H2,1H3/b25-23+. The van der Waals surface area contributed by atoms with Crippen molar-refractivity contribution in [3.05, 3.63) is 95.1 Å². The Balaban J connectivity index is 1.64. The van der Waals surface area contributed by atoms with Crippen LogP contribution in [0, 0.1) is 0 Å². The van der Waals surface area contributed by atoms with Gasteiger partial charge in [0.1, 0.15) is 24.7 Å². The Morgan fingerprint density at radius 1 is 0.971 bits per heavy atom. The maximum absolute atomic E-state index is 13.3. The molecule has 7 heteroatoms. The predicted molar refractivity (Wildman–Crippen MR) is 125 cm³/mol. The van der Waals surface area contributed by atoms with Crippen LogP contribution < -0.4 is 14.2 Å². The molecule has 1 N–H and O–H groups in total. The first kappa shape index (κ1) is 21.6. The number of Topliss-reactive ketones (excluding diaryl/α,β-unsaturated/α-hetero) is 1. The molecule has 1 unspecified atom stereocenters. The van der Waals surface area contributed by atoms with E-state index >= 15 is 0 Å². The fourth-order valence-corrected chi connectivity index (χ4v) is 4.33. The van der Waals surface area contributed by atoms with Crippen molar-refractivity contribution in [2.24, 2.45) is 0 Å². The smallest absolute Gasteiger partial charge is 0.295 e. The zero-order chi connectivity index (χ0) is 23.7. The van der Waals surface area contributed by atoms with Crippen LogP contribution in [0.4, 0.5) is 0 Å². The number of hydrogen-bond acceptors (Lipinski definition) is 6. The highest BCUT2D eigenvalue weighted by molar-refractivity contribution is 6.46. The van der Waals surface area contributed by atoms with Crippen molar-refractivity contribution >= 4 is 17.4 Å². The van der Waals surface area contributed by atoms with Gasteiger partial charge < -0.3 is 24.2 Å².